The first-order valence-electron chi connectivity index (χ1n) is 6.11. The van der Waals surface area contributed by atoms with Crippen molar-refractivity contribution in [1.82, 2.24) is 5.32 Å². The first-order chi connectivity index (χ1) is 9.34. The van der Waals surface area contributed by atoms with Gasteiger partial charge in [0, 0.05) is 6.04 Å². The van der Waals surface area contributed by atoms with Gasteiger partial charge < -0.3 is 10.1 Å². The van der Waals surface area contributed by atoms with E-state index in [0.29, 0.717) is 11.6 Å². The molecule has 0 aromatic heterocycles. The summed E-state index contributed by atoms with van der Waals surface area (Å²) < 4.78 is 43.1. The number of hydrogen-bond acceptors (Lipinski definition) is 3. The van der Waals surface area contributed by atoms with E-state index in [2.05, 4.69) is 10.1 Å². The molecule has 1 aromatic rings. The van der Waals surface area contributed by atoms with Crippen molar-refractivity contribution in [2.45, 2.75) is 26.1 Å². The predicted molar refractivity (Wildman–Crippen MR) is 68.8 cm³/mol. The summed E-state index contributed by atoms with van der Waals surface area (Å²) in [5, 5.41) is 2.30. The van der Waals surface area contributed by atoms with Crippen molar-refractivity contribution >= 4 is 5.97 Å². The van der Waals surface area contributed by atoms with E-state index in [-0.39, 0.29) is 6.61 Å². The first-order valence-corrected chi connectivity index (χ1v) is 6.11. The van der Waals surface area contributed by atoms with Crippen LogP contribution in [0, 0.1) is 0 Å². The molecule has 0 saturated carbocycles. The second-order valence-corrected chi connectivity index (χ2v) is 4.08. The molecule has 1 rings (SSSR count). The Morgan fingerprint density at radius 3 is 2.45 bits per heavy atom. The molecule has 0 spiro atoms. The van der Waals surface area contributed by atoms with Gasteiger partial charge in [-0.15, -0.1) is 0 Å². The van der Waals surface area contributed by atoms with Gasteiger partial charge in [-0.3, -0.25) is 0 Å². The van der Waals surface area contributed by atoms with Crippen molar-refractivity contribution < 1.29 is 22.7 Å². The normalized spacial score (nSPS) is 13.8. The standard InChI is InChI=1S/C14H16F3NO2/c1-3-20-13(19)9-12(14(15,16)17)18-10(2)11-7-5-4-6-8-11/h4-10,18H,3H2,1-2H3/b12-9-/t10-/m0/s1. The molecule has 0 bridgehead atoms. The fourth-order valence-electron chi connectivity index (χ4n) is 1.57. The van der Waals surface area contributed by atoms with Gasteiger partial charge in [-0.2, -0.15) is 13.2 Å². The van der Waals surface area contributed by atoms with Crippen LogP contribution < -0.4 is 5.32 Å². The lowest BCUT2D eigenvalue weighted by Crippen LogP contribution is -2.29. The fraction of sp³-hybridized carbons (Fsp3) is 0.357. The molecule has 1 N–H and O–H groups in total. The average Bonchev–Trinajstić information content (AvgIpc) is 2.38. The zero-order valence-corrected chi connectivity index (χ0v) is 11.2. The molecule has 0 aliphatic carbocycles. The highest BCUT2D eigenvalue weighted by Crippen LogP contribution is 2.26. The van der Waals surface area contributed by atoms with E-state index in [1.54, 1.807) is 37.3 Å². The van der Waals surface area contributed by atoms with Crippen LogP contribution in [-0.2, 0) is 9.53 Å². The number of ether oxygens (including phenoxy) is 1. The van der Waals surface area contributed by atoms with Gasteiger partial charge in [-0.1, -0.05) is 30.3 Å². The second kappa shape index (κ2) is 6.98. The van der Waals surface area contributed by atoms with E-state index >= 15 is 0 Å². The molecule has 0 aliphatic rings. The lowest BCUT2D eigenvalue weighted by molar-refractivity contribution is -0.138. The number of halogens is 3. The monoisotopic (exact) mass is 287 g/mol. The number of benzene rings is 1. The minimum atomic E-state index is -4.64. The van der Waals surface area contributed by atoms with Crippen LogP contribution >= 0.6 is 0 Å². The summed E-state index contributed by atoms with van der Waals surface area (Å²) in [5.74, 6) is -1.02. The molecule has 0 aliphatic heterocycles. The lowest BCUT2D eigenvalue weighted by Gasteiger charge is -2.20. The molecule has 110 valence electrons. The topological polar surface area (TPSA) is 38.3 Å². The molecular weight excluding hydrogens is 271 g/mol. The molecule has 20 heavy (non-hydrogen) atoms. The Bertz CT molecular complexity index is 469. The van der Waals surface area contributed by atoms with E-state index < -0.39 is 23.9 Å². The van der Waals surface area contributed by atoms with Crippen molar-refractivity contribution in [3.8, 4) is 0 Å². The van der Waals surface area contributed by atoms with E-state index in [4.69, 9.17) is 0 Å². The van der Waals surface area contributed by atoms with Crippen LogP contribution in [0.3, 0.4) is 0 Å². The van der Waals surface area contributed by atoms with Crippen molar-refractivity contribution in [3.63, 3.8) is 0 Å². The van der Waals surface area contributed by atoms with Gasteiger partial charge in [-0.25, -0.2) is 4.79 Å². The minimum absolute atomic E-state index is 0.0225. The number of carbonyl (C=O) groups is 1. The quantitative estimate of drug-likeness (QED) is 0.666. The molecule has 0 fully saturated rings. The molecule has 6 heteroatoms. The summed E-state index contributed by atoms with van der Waals surface area (Å²) in [7, 11) is 0. The number of esters is 1. The first kappa shape index (κ1) is 16.1. The van der Waals surface area contributed by atoms with Gasteiger partial charge in [-0.05, 0) is 19.4 Å². The van der Waals surface area contributed by atoms with Crippen molar-refractivity contribution in [2.24, 2.45) is 0 Å². The summed E-state index contributed by atoms with van der Waals surface area (Å²) in [6.07, 6.45) is -4.21. The maximum absolute atomic E-state index is 12.9. The van der Waals surface area contributed by atoms with Crippen LogP contribution in [0.4, 0.5) is 13.2 Å². The molecule has 0 unspecified atom stereocenters. The minimum Gasteiger partial charge on any atom is -0.463 e. The number of rotatable bonds is 5. The van der Waals surface area contributed by atoms with Crippen LogP contribution in [0.5, 0.6) is 0 Å². The Morgan fingerprint density at radius 2 is 1.95 bits per heavy atom. The average molecular weight is 287 g/mol. The fourth-order valence-corrected chi connectivity index (χ4v) is 1.57. The summed E-state index contributed by atoms with van der Waals surface area (Å²) in [5.41, 5.74) is -0.432. The summed E-state index contributed by atoms with van der Waals surface area (Å²) in [4.78, 5) is 11.2. The molecule has 1 atom stereocenters. The number of carbonyl (C=O) groups excluding carboxylic acids is 1. The van der Waals surface area contributed by atoms with E-state index in [1.807, 2.05) is 0 Å². The molecule has 0 heterocycles. The molecule has 0 saturated heterocycles. The number of allylic oxidation sites excluding steroid dienone is 1. The van der Waals surface area contributed by atoms with Gasteiger partial charge in [0.05, 0.1) is 12.7 Å². The molecular formula is C14H16F3NO2. The van der Waals surface area contributed by atoms with Crippen LogP contribution in [0.1, 0.15) is 25.5 Å². The zero-order chi connectivity index (χ0) is 15.2. The molecule has 3 nitrogen and oxygen atoms in total. The Morgan fingerprint density at radius 1 is 1.35 bits per heavy atom. The van der Waals surface area contributed by atoms with Crippen molar-refractivity contribution in [2.75, 3.05) is 6.61 Å². The van der Waals surface area contributed by atoms with Crippen molar-refractivity contribution in [1.29, 1.82) is 0 Å². The number of alkyl halides is 3. The molecule has 0 radical (unpaired) electrons. The number of nitrogens with one attached hydrogen (secondary N) is 1. The molecule has 0 amide bonds. The summed E-state index contributed by atoms with van der Waals surface area (Å²) in [6, 6.07) is 8.06. The Balaban J connectivity index is 2.89. The number of hydrogen-bond donors (Lipinski definition) is 1. The third-order valence-electron chi connectivity index (χ3n) is 2.53. The summed E-state index contributed by atoms with van der Waals surface area (Å²) in [6.45, 7) is 3.13. The third kappa shape index (κ3) is 4.95. The largest absolute Gasteiger partial charge is 0.463 e. The molecule has 1 aromatic carbocycles. The van der Waals surface area contributed by atoms with Gasteiger partial charge in [0.15, 0.2) is 0 Å². The van der Waals surface area contributed by atoms with Crippen LogP contribution in [0.25, 0.3) is 0 Å². The Hall–Kier alpha value is -1.98. The van der Waals surface area contributed by atoms with Crippen LogP contribution in [0.15, 0.2) is 42.1 Å². The van der Waals surface area contributed by atoms with E-state index in [9.17, 15) is 18.0 Å². The highest BCUT2D eigenvalue weighted by atomic mass is 19.4. The Labute approximate surface area is 115 Å². The maximum atomic E-state index is 12.9. The van der Waals surface area contributed by atoms with E-state index in [1.165, 1.54) is 6.92 Å². The highest BCUT2D eigenvalue weighted by molar-refractivity contribution is 5.82. The maximum Gasteiger partial charge on any atom is 0.431 e. The lowest BCUT2D eigenvalue weighted by atomic mass is 10.1. The van der Waals surface area contributed by atoms with Gasteiger partial charge in [0.2, 0.25) is 0 Å². The predicted octanol–water partition coefficient (Wildman–Crippen LogP) is 3.35. The van der Waals surface area contributed by atoms with Crippen LogP contribution in [0.2, 0.25) is 0 Å². The SMILES string of the molecule is CCOC(=O)/C=C(\N[C@@H](C)c1ccccc1)C(F)(F)F. The van der Waals surface area contributed by atoms with Gasteiger partial charge in [0.1, 0.15) is 5.70 Å². The van der Waals surface area contributed by atoms with Gasteiger partial charge in [0.25, 0.3) is 0 Å². The van der Waals surface area contributed by atoms with Crippen molar-refractivity contribution in [3.05, 3.63) is 47.7 Å². The van der Waals surface area contributed by atoms with Gasteiger partial charge >= 0.3 is 12.1 Å². The highest BCUT2D eigenvalue weighted by Gasteiger charge is 2.35. The van der Waals surface area contributed by atoms with E-state index in [0.717, 1.165) is 0 Å². The third-order valence-corrected chi connectivity index (χ3v) is 2.53. The zero-order valence-electron chi connectivity index (χ0n) is 11.2. The summed E-state index contributed by atoms with van der Waals surface area (Å²) >= 11 is 0. The Kier molecular flexibility index (Phi) is 5.61. The second-order valence-electron chi connectivity index (χ2n) is 4.08. The van der Waals surface area contributed by atoms with Crippen LogP contribution in [-0.4, -0.2) is 18.8 Å². The smallest absolute Gasteiger partial charge is 0.431 e.